The van der Waals surface area contributed by atoms with Crippen LogP contribution < -0.4 is 22.9 Å². The minimum Gasteiger partial charge on any atom is -0.481 e. The molecular weight excluding hydrogens is 432 g/mol. The standard InChI is InChI=1S/C5H9NO4.C4H7NO4.C3H7NO3.C2H5NO2/c6-3(5(9)10)1-2-4(7)8;5-2(4(8)9)1-3(6)7;4-2(1-5)3(6)7;3-1-2(4)5/h3H,1-2,6H2,(H,7,8)(H,9,10);2H,1,5H2,(H,6,7)(H,8,9);2,5H,1,4H2,(H,6,7);1,3H2,(H,4,5). The van der Waals surface area contributed by atoms with Crippen LogP contribution in [0.2, 0.25) is 0 Å². The van der Waals surface area contributed by atoms with Crippen molar-refractivity contribution < 1.29 is 64.5 Å². The largest absolute Gasteiger partial charge is 0.481 e. The van der Waals surface area contributed by atoms with Crippen LogP contribution in [0.15, 0.2) is 0 Å². The molecule has 17 heteroatoms. The van der Waals surface area contributed by atoms with E-state index in [-0.39, 0.29) is 19.4 Å². The molecule has 3 unspecified atom stereocenters. The van der Waals surface area contributed by atoms with Crippen LogP contribution in [0.25, 0.3) is 0 Å². The van der Waals surface area contributed by atoms with Gasteiger partial charge < -0.3 is 58.7 Å². The normalized spacial score (nSPS) is 11.9. The summed E-state index contributed by atoms with van der Waals surface area (Å²) in [5.41, 5.74) is 19.2. The highest BCUT2D eigenvalue weighted by molar-refractivity contribution is 5.80. The fraction of sp³-hybridized carbons (Fsp3) is 0.571. The Balaban J connectivity index is -0.000000161. The number of carbonyl (C=O) groups is 6. The van der Waals surface area contributed by atoms with Crippen molar-refractivity contribution >= 4 is 35.8 Å². The van der Waals surface area contributed by atoms with Gasteiger partial charge in [-0.05, 0) is 6.42 Å². The lowest BCUT2D eigenvalue weighted by atomic mass is 10.2. The van der Waals surface area contributed by atoms with Gasteiger partial charge in [0.15, 0.2) is 0 Å². The Morgan fingerprint density at radius 2 is 0.968 bits per heavy atom. The van der Waals surface area contributed by atoms with Crippen LogP contribution in [-0.4, -0.2) is 103 Å². The van der Waals surface area contributed by atoms with Crippen LogP contribution in [-0.2, 0) is 28.8 Å². The molecule has 17 nitrogen and oxygen atoms in total. The van der Waals surface area contributed by atoms with E-state index in [0.29, 0.717) is 0 Å². The van der Waals surface area contributed by atoms with Gasteiger partial charge in [-0.25, -0.2) is 0 Å². The minimum atomic E-state index is -1.29. The number of aliphatic hydroxyl groups is 1. The summed E-state index contributed by atoms with van der Waals surface area (Å²) in [5, 5.41) is 55.8. The molecular formula is C14H28N4O13. The van der Waals surface area contributed by atoms with E-state index < -0.39 is 67.0 Å². The monoisotopic (exact) mass is 460 g/mol. The summed E-state index contributed by atoms with van der Waals surface area (Å²) in [6.45, 7) is -0.782. The van der Waals surface area contributed by atoms with Gasteiger partial charge in [-0.1, -0.05) is 0 Å². The van der Waals surface area contributed by atoms with Crippen molar-refractivity contribution in [3.63, 3.8) is 0 Å². The maximum Gasteiger partial charge on any atom is 0.322 e. The summed E-state index contributed by atoms with van der Waals surface area (Å²) in [6.07, 6.45) is -0.756. The smallest absolute Gasteiger partial charge is 0.322 e. The average Bonchev–Trinajstić information content (AvgIpc) is 2.65. The Kier molecular flexibility index (Phi) is 24.1. The molecule has 0 amide bonds. The molecule has 0 aliphatic rings. The maximum absolute atomic E-state index is 9.99. The molecule has 0 aromatic heterocycles. The van der Waals surface area contributed by atoms with Crippen molar-refractivity contribution in [1.29, 1.82) is 0 Å². The minimum absolute atomic E-state index is 0.0231. The predicted octanol–water partition coefficient (Wildman–Crippen LogP) is -4.44. The van der Waals surface area contributed by atoms with Crippen LogP contribution in [0.1, 0.15) is 19.3 Å². The van der Waals surface area contributed by atoms with Gasteiger partial charge in [0, 0.05) is 6.42 Å². The highest BCUT2D eigenvalue weighted by atomic mass is 16.4. The number of carboxylic acid groups (broad SMARTS) is 6. The van der Waals surface area contributed by atoms with Gasteiger partial charge in [-0.15, -0.1) is 0 Å². The molecule has 0 aromatic rings. The van der Waals surface area contributed by atoms with Crippen LogP contribution in [0.3, 0.4) is 0 Å². The van der Waals surface area contributed by atoms with Crippen LogP contribution in [0.4, 0.5) is 0 Å². The molecule has 0 aromatic carbocycles. The number of nitrogens with two attached hydrogens (primary N) is 4. The van der Waals surface area contributed by atoms with E-state index in [1.807, 2.05) is 0 Å². The Hall–Kier alpha value is -3.38. The van der Waals surface area contributed by atoms with Crippen molar-refractivity contribution in [2.45, 2.75) is 37.4 Å². The highest BCUT2D eigenvalue weighted by Crippen LogP contribution is 1.93. The molecule has 0 aliphatic carbocycles. The second-order valence-corrected chi connectivity index (χ2v) is 5.14. The lowest BCUT2D eigenvalue weighted by Crippen LogP contribution is -2.33. The van der Waals surface area contributed by atoms with E-state index >= 15 is 0 Å². The van der Waals surface area contributed by atoms with Crippen molar-refractivity contribution in [2.24, 2.45) is 22.9 Å². The molecule has 0 aliphatic heterocycles. The molecule has 0 saturated carbocycles. The van der Waals surface area contributed by atoms with E-state index in [1.54, 1.807) is 0 Å². The molecule has 0 rings (SSSR count). The molecule has 15 N–H and O–H groups in total. The molecule has 182 valence electrons. The quantitative estimate of drug-likeness (QED) is 0.146. The van der Waals surface area contributed by atoms with Gasteiger partial charge in [0.05, 0.1) is 19.6 Å². The first-order chi connectivity index (χ1) is 14.0. The fourth-order valence-corrected chi connectivity index (χ4v) is 0.756. The van der Waals surface area contributed by atoms with E-state index in [9.17, 15) is 28.8 Å². The van der Waals surface area contributed by atoms with Gasteiger partial charge >= 0.3 is 35.8 Å². The fourth-order valence-electron chi connectivity index (χ4n) is 0.756. The Morgan fingerprint density at radius 1 is 0.613 bits per heavy atom. The average molecular weight is 460 g/mol. The van der Waals surface area contributed by atoms with Crippen LogP contribution in [0.5, 0.6) is 0 Å². The van der Waals surface area contributed by atoms with Gasteiger partial charge in [0.2, 0.25) is 0 Å². The van der Waals surface area contributed by atoms with Gasteiger partial charge in [-0.2, -0.15) is 0 Å². The molecule has 0 bridgehead atoms. The Labute approximate surface area is 174 Å². The second kappa shape index (κ2) is 21.3. The summed E-state index contributed by atoms with van der Waals surface area (Å²) in [4.78, 5) is 58.4. The number of aliphatic hydroxyl groups excluding tert-OH is 1. The van der Waals surface area contributed by atoms with Gasteiger partial charge in [-0.3, -0.25) is 28.8 Å². The zero-order chi connectivity index (χ0) is 25.7. The van der Waals surface area contributed by atoms with E-state index in [2.05, 4.69) is 5.73 Å². The lowest BCUT2D eigenvalue weighted by molar-refractivity contribution is -0.144. The molecule has 31 heavy (non-hydrogen) atoms. The first-order valence-corrected chi connectivity index (χ1v) is 7.94. The zero-order valence-corrected chi connectivity index (χ0v) is 16.2. The maximum atomic E-state index is 9.99. The Morgan fingerprint density at radius 3 is 1.10 bits per heavy atom. The number of hydrogen-bond donors (Lipinski definition) is 11. The molecule has 0 fully saturated rings. The molecule has 3 atom stereocenters. The Bertz CT molecular complexity index is 585. The van der Waals surface area contributed by atoms with Gasteiger partial charge in [0.25, 0.3) is 0 Å². The van der Waals surface area contributed by atoms with E-state index in [0.717, 1.165) is 0 Å². The number of aliphatic carboxylic acids is 6. The van der Waals surface area contributed by atoms with E-state index in [1.165, 1.54) is 0 Å². The number of hydrogen-bond acceptors (Lipinski definition) is 11. The van der Waals surface area contributed by atoms with Crippen LogP contribution >= 0.6 is 0 Å². The van der Waals surface area contributed by atoms with Crippen molar-refractivity contribution in [3.8, 4) is 0 Å². The zero-order valence-electron chi connectivity index (χ0n) is 16.2. The van der Waals surface area contributed by atoms with Crippen LogP contribution in [0, 0.1) is 0 Å². The first-order valence-electron chi connectivity index (χ1n) is 7.94. The van der Waals surface area contributed by atoms with Crippen molar-refractivity contribution in [2.75, 3.05) is 13.2 Å². The summed E-state index contributed by atoms with van der Waals surface area (Å²) < 4.78 is 0. The predicted molar refractivity (Wildman–Crippen MR) is 99.7 cm³/mol. The SMILES string of the molecule is NC(CC(=O)O)C(=O)O.NC(CCC(=O)O)C(=O)O.NC(CO)C(=O)O.NCC(=O)O. The van der Waals surface area contributed by atoms with Crippen molar-refractivity contribution in [3.05, 3.63) is 0 Å². The van der Waals surface area contributed by atoms with E-state index in [4.69, 9.17) is 52.9 Å². The summed E-state index contributed by atoms with van der Waals surface area (Å²) in [5.74, 6) is -6.84. The molecule has 0 heterocycles. The topological polar surface area (TPSA) is 348 Å². The summed E-state index contributed by atoms with van der Waals surface area (Å²) in [7, 11) is 0. The third kappa shape index (κ3) is 34.5. The van der Waals surface area contributed by atoms with Gasteiger partial charge in [0.1, 0.15) is 18.1 Å². The molecule has 0 radical (unpaired) electrons. The summed E-state index contributed by atoms with van der Waals surface area (Å²) >= 11 is 0. The number of carboxylic acids is 6. The third-order valence-electron chi connectivity index (χ3n) is 2.39. The highest BCUT2D eigenvalue weighted by Gasteiger charge is 2.14. The molecule has 0 saturated heterocycles. The molecule has 0 spiro atoms. The number of rotatable bonds is 10. The second-order valence-electron chi connectivity index (χ2n) is 5.14. The summed E-state index contributed by atoms with van der Waals surface area (Å²) in [6, 6.07) is -3.47. The third-order valence-corrected chi connectivity index (χ3v) is 2.39. The van der Waals surface area contributed by atoms with Crippen molar-refractivity contribution in [1.82, 2.24) is 0 Å². The first kappa shape index (κ1) is 35.1. The lowest BCUT2D eigenvalue weighted by Gasteiger charge is -2.01.